The number of hydrogen-bond donors (Lipinski definition) is 2. The van der Waals surface area contributed by atoms with Gasteiger partial charge >= 0.3 is 5.97 Å². The molecular formula is C15H23NO3. The lowest BCUT2D eigenvalue weighted by Gasteiger charge is -2.20. The first-order chi connectivity index (χ1) is 9.03. The van der Waals surface area contributed by atoms with Crippen molar-refractivity contribution in [3.05, 3.63) is 0 Å². The summed E-state index contributed by atoms with van der Waals surface area (Å²) in [6.07, 6.45) is 8.71. The number of carboxylic acids is 1. The van der Waals surface area contributed by atoms with Crippen molar-refractivity contribution in [2.45, 2.75) is 52.0 Å². The number of amides is 1. The van der Waals surface area contributed by atoms with Gasteiger partial charge in [0.15, 0.2) is 0 Å². The van der Waals surface area contributed by atoms with Gasteiger partial charge in [0.05, 0.1) is 11.8 Å². The van der Waals surface area contributed by atoms with Gasteiger partial charge in [0.2, 0.25) is 5.91 Å². The summed E-state index contributed by atoms with van der Waals surface area (Å²) >= 11 is 0. The molecule has 0 aliphatic heterocycles. The molecule has 4 atom stereocenters. The topological polar surface area (TPSA) is 66.4 Å². The highest BCUT2D eigenvalue weighted by atomic mass is 16.4. The molecule has 2 N–H and O–H groups in total. The Bertz CT molecular complexity index is 372. The monoisotopic (exact) mass is 265 g/mol. The molecule has 1 aliphatic rings. The van der Waals surface area contributed by atoms with E-state index in [2.05, 4.69) is 11.2 Å². The number of nitrogens with one attached hydrogen (secondary N) is 1. The molecule has 0 aromatic carbocycles. The van der Waals surface area contributed by atoms with Gasteiger partial charge in [-0.05, 0) is 25.2 Å². The molecular weight excluding hydrogens is 242 g/mol. The summed E-state index contributed by atoms with van der Waals surface area (Å²) in [5, 5.41) is 12.1. The van der Waals surface area contributed by atoms with Crippen molar-refractivity contribution in [2.24, 2.45) is 17.8 Å². The maximum absolute atomic E-state index is 12.2. The van der Waals surface area contributed by atoms with E-state index in [1.54, 1.807) is 0 Å². The molecule has 0 radical (unpaired) electrons. The summed E-state index contributed by atoms with van der Waals surface area (Å²) in [6.45, 7) is 4.00. The van der Waals surface area contributed by atoms with E-state index >= 15 is 0 Å². The molecule has 0 saturated heterocycles. The van der Waals surface area contributed by atoms with Crippen LogP contribution in [0.1, 0.15) is 46.0 Å². The molecule has 2 unspecified atom stereocenters. The normalized spacial score (nSPS) is 27.5. The van der Waals surface area contributed by atoms with Crippen molar-refractivity contribution in [1.29, 1.82) is 0 Å². The summed E-state index contributed by atoms with van der Waals surface area (Å²) in [5.74, 6) is 0.911. The Morgan fingerprint density at radius 2 is 2.00 bits per heavy atom. The van der Waals surface area contributed by atoms with Gasteiger partial charge in [-0.2, -0.15) is 0 Å². The highest BCUT2D eigenvalue weighted by molar-refractivity contribution is 5.85. The van der Waals surface area contributed by atoms with Gasteiger partial charge in [-0.15, -0.1) is 12.3 Å². The summed E-state index contributed by atoms with van der Waals surface area (Å²) in [6, 6.07) is -0.0485. The lowest BCUT2D eigenvalue weighted by Crippen LogP contribution is -2.41. The molecule has 1 saturated carbocycles. The Hall–Kier alpha value is -1.50. The molecule has 0 aromatic rings. The highest BCUT2D eigenvalue weighted by Gasteiger charge is 2.42. The average molecular weight is 265 g/mol. The summed E-state index contributed by atoms with van der Waals surface area (Å²) in [7, 11) is 0. The van der Waals surface area contributed by atoms with E-state index in [9.17, 15) is 14.7 Å². The smallest absolute Gasteiger partial charge is 0.307 e. The number of aliphatic carboxylic acids is 1. The Kier molecular flexibility index (Phi) is 5.88. The first kappa shape index (κ1) is 15.6. The van der Waals surface area contributed by atoms with Gasteiger partial charge in [0.1, 0.15) is 0 Å². The third-order valence-corrected chi connectivity index (χ3v) is 4.09. The van der Waals surface area contributed by atoms with E-state index in [-0.39, 0.29) is 11.9 Å². The SMILES string of the molecule is C#CCC(CC)NC(=O)[C@H]1CC(CC)C[C@H]1C(=O)O. The number of carboxylic acid groups (broad SMARTS) is 1. The molecule has 106 valence electrons. The quantitative estimate of drug-likeness (QED) is 0.722. The maximum atomic E-state index is 12.2. The van der Waals surface area contributed by atoms with E-state index in [4.69, 9.17) is 6.42 Å². The molecule has 1 aliphatic carbocycles. The lowest BCUT2D eigenvalue weighted by molar-refractivity contribution is -0.146. The minimum Gasteiger partial charge on any atom is -0.481 e. The van der Waals surface area contributed by atoms with Crippen molar-refractivity contribution < 1.29 is 14.7 Å². The number of terminal acetylenes is 1. The van der Waals surface area contributed by atoms with E-state index in [1.165, 1.54) is 0 Å². The van der Waals surface area contributed by atoms with Crippen molar-refractivity contribution >= 4 is 11.9 Å². The first-order valence-electron chi connectivity index (χ1n) is 7.00. The third-order valence-electron chi connectivity index (χ3n) is 4.09. The number of carbonyl (C=O) groups excluding carboxylic acids is 1. The maximum Gasteiger partial charge on any atom is 0.307 e. The second kappa shape index (κ2) is 7.18. The van der Waals surface area contributed by atoms with Gasteiger partial charge in [0, 0.05) is 12.5 Å². The first-order valence-corrected chi connectivity index (χ1v) is 7.00. The second-order valence-electron chi connectivity index (χ2n) is 5.32. The molecule has 19 heavy (non-hydrogen) atoms. The Balaban J connectivity index is 2.68. The number of carbonyl (C=O) groups is 2. The molecule has 0 spiro atoms. The van der Waals surface area contributed by atoms with E-state index in [0.717, 1.165) is 12.8 Å². The molecule has 4 nitrogen and oxygen atoms in total. The van der Waals surface area contributed by atoms with Gasteiger partial charge in [0.25, 0.3) is 0 Å². The number of rotatable bonds is 6. The lowest BCUT2D eigenvalue weighted by atomic mass is 9.95. The van der Waals surface area contributed by atoms with Crippen molar-refractivity contribution in [3.63, 3.8) is 0 Å². The van der Waals surface area contributed by atoms with E-state index in [0.29, 0.717) is 25.2 Å². The fourth-order valence-corrected chi connectivity index (χ4v) is 2.79. The van der Waals surface area contributed by atoms with Crippen LogP contribution in [0.15, 0.2) is 0 Å². The van der Waals surface area contributed by atoms with Crippen LogP contribution < -0.4 is 5.32 Å². The zero-order valence-corrected chi connectivity index (χ0v) is 11.7. The van der Waals surface area contributed by atoms with Crippen LogP contribution in [0.2, 0.25) is 0 Å². The van der Waals surface area contributed by atoms with Crippen molar-refractivity contribution in [2.75, 3.05) is 0 Å². The highest BCUT2D eigenvalue weighted by Crippen LogP contribution is 2.38. The molecule has 0 bridgehead atoms. The van der Waals surface area contributed by atoms with Crippen LogP contribution in [0.25, 0.3) is 0 Å². The van der Waals surface area contributed by atoms with Gasteiger partial charge < -0.3 is 10.4 Å². The van der Waals surface area contributed by atoms with Crippen molar-refractivity contribution in [3.8, 4) is 12.3 Å². The van der Waals surface area contributed by atoms with Crippen LogP contribution in [0.4, 0.5) is 0 Å². The van der Waals surface area contributed by atoms with Crippen LogP contribution in [-0.4, -0.2) is 23.0 Å². The Labute approximate surface area is 115 Å². The molecule has 0 heterocycles. The third kappa shape index (κ3) is 3.99. The van der Waals surface area contributed by atoms with Crippen LogP contribution in [-0.2, 0) is 9.59 Å². The predicted octanol–water partition coefficient (Wildman–Crippen LogP) is 2.04. The summed E-state index contributed by atoms with van der Waals surface area (Å²) < 4.78 is 0. The Morgan fingerprint density at radius 3 is 2.47 bits per heavy atom. The van der Waals surface area contributed by atoms with E-state index in [1.807, 2.05) is 13.8 Å². The Morgan fingerprint density at radius 1 is 1.37 bits per heavy atom. The minimum absolute atomic E-state index is 0.0485. The van der Waals surface area contributed by atoms with Gasteiger partial charge in [-0.25, -0.2) is 0 Å². The van der Waals surface area contributed by atoms with Gasteiger partial charge in [-0.3, -0.25) is 9.59 Å². The molecule has 0 aromatic heterocycles. The zero-order valence-electron chi connectivity index (χ0n) is 11.7. The fourth-order valence-electron chi connectivity index (χ4n) is 2.79. The summed E-state index contributed by atoms with van der Waals surface area (Å²) in [5.41, 5.74) is 0. The van der Waals surface area contributed by atoms with Crippen LogP contribution >= 0.6 is 0 Å². The molecule has 1 amide bonds. The molecule has 1 rings (SSSR count). The van der Waals surface area contributed by atoms with Crippen LogP contribution in [0, 0.1) is 30.1 Å². The zero-order chi connectivity index (χ0) is 14.4. The predicted molar refractivity (Wildman–Crippen MR) is 73.3 cm³/mol. The standard InChI is InChI=1S/C15H23NO3/c1-4-7-11(6-3)16-14(17)12-8-10(5-2)9-13(12)15(18)19/h1,10-13H,5-9H2,2-3H3,(H,16,17)(H,18,19)/t10?,11?,12-,13+/m0/s1. The van der Waals surface area contributed by atoms with Crippen LogP contribution in [0.5, 0.6) is 0 Å². The second-order valence-corrected chi connectivity index (χ2v) is 5.32. The largest absolute Gasteiger partial charge is 0.481 e. The van der Waals surface area contributed by atoms with E-state index < -0.39 is 17.8 Å². The summed E-state index contributed by atoms with van der Waals surface area (Å²) in [4.78, 5) is 23.5. The minimum atomic E-state index is -0.860. The number of hydrogen-bond acceptors (Lipinski definition) is 2. The molecule has 4 heteroatoms. The molecule has 1 fully saturated rings. The van der Waals surface area contributed by atoms with Crippen LogP contribution in [0.3, 0.4) is 0 Å². The van der Waals surface area contributed by atoms with Crippen molar-refractivity contribution in [1.82, 2.24) is 5.32 Å². The fraction of sp³-hybridized carbons (Fsp3) is 0.733. The average Bonchev–Trinajstić information content (AvgIpc) is 2.82. The van der Waals surface area contributed by atoms with Gasteiger partial charge in [-0.1, -0.05) is 20.3 Å².